The minimum Gasteiger partial charge on any atom is -0.872 e. The zero-order chi connectivity index (χ0) is 21.6. The molecule has 0 atom stereocenters. The minimum absolute atomic E-state index is 0. The largest absolute Gasteiger partial charge is 1.00 e. The molecule has 3 aromatic rings. The van der Waals surface area contributed by atoms with Crippen LogP contribution >= 0.6 is 11.6 Å². The fourth-order valence-electron chi connectivity index (χ4n) is 2.58. The molecular formula is C17H10ClF3N3NaO4S. The van der Waals surface area contributed by atoms with Crippen LogP contribution < -0.4 is 40.4 Å². The van der Waals surface area contributed by atoms with Crippen LogP contribution in [0, 0.1) is 0 Å². The summed E-state index contributed by atoms with van der Waals surface area (Å²) < 4.78 is 71.3. The molecule has 0 spiro atoms. The monoisotopic (exact) mass is 467 g/mol. The predicted octanol–water partition coefficient (Wildman–Crippen LogP) is 1.83. The van der Waals surface area contributed by atoms with Gasteiger partial charge in [-0.2, -0.15) is 21.6 Å². The van der Waals surface area contributed by atoms with Crippen LogP contribution in [0.3, 0.4) is 0 Å². The zero-order valence-electron chi connectivity index (χ0n) is 15.1. The molecule has 0 amide bonds. The van der Waals surface area contributed by atoms with Crippen LogP contribution in [0.25, 0.3) is 10.8 Å². The number of nitrogens with two attached hydrogens (primary N) is 1. The maximum Gasteiger partial charge on any atom is 1.00 e. The first-order valence-electron chi connectivity index (χ1n) is 7.67. The van der Waals surface area contributed by atoms with Crippen LogP contribution in [-0.4, -0.2) is 13.0 Å². The molecule has 7 nitrogen and oxygen atoms in total. The molecule has 0 radical (unpaired) electrons. The number of benzene rings is 3. The molecule has 3 N–H and O–H groups in total. The van der Waals surface area contributed by atoms with Gasteiger partial charge < -0.3 is 10.8 Å². The molecule has 3 aromatic carbocycles. The first-order valence-corrected chi connectivity index (χ1v) is 9.49. The molecule has 0 aliphatic carbocycles. The number of fused-ring (bicyclic) bond motifs is 1. The number of hydrogen-bond donors (Lipinski definition) is 2. The van der Waals surface area contributed by atoms with E-state index in [1.165, 1.54) is 18.2 Å². The third kappa shape index (κ3) is 5.05. The van der Waals surface area contributed by atoms with Crippen LogP contribution in [0.5, 0.6) is 5.75 Å². The number of nitrogens with zero attached hydrogens (tertiary/aromatic N) is 2. The second-order valence-corrected chi connectivity index (χ2v) is 7.72. The van der Waals surface area contributed by atoms with Crippen molar-refractivity contribution in [3.63, 3.8) is 0 Å². The quantitative estimate of drug-likeness (QED) is 0.263. The van der Waals surface area contributed by atoms with Crippen molar-refractivity contribution < 1.29 is 60.8 Å². The Bertz CT molecular complexity index is 1270. The minimum atomic E-state index is -4.75. The molecule has 0 heterocycles. The van der Waals surface area contributed by atoms with Gasteiger partial charge in [-0.3, -0.25) is 4.55 Å². The molecule has 0 saturated carbocycles. The van der Waals surface area contributed by atoms with Gasteiger partial charge in [0.1, 0.15) is 5.69 Å². The van der Waals surface area contributed by atoms with Crippen molar-refractivity contribution in [2.45, 2.75) is 11.1 Å². The number of azo groups is 1. The van der Waals surface area contributed by atoms with E-state index in [1.807, 2.05) is 0 Å². The third-order valence-corrected chi connectivity index (χ3v) is 4.94. The van der Waals surface area contributed by atoms with E-state index in [0.29, 0.717) is 12.1 Å². The van der Waals surface area contributed by atoms with Crippen molar-refractivity contribution >= 4 is 49.6 Å². The summed E-state index contributed by atoms with van der Waals surface area (Å²) in [5.41, 5.74) is 3.79. The first kappa shape index (κ1) is 24.4. The van der Waals surface area contributed by atoms with Crippen molar-refractivity contribution in [1.29, 1.82) is 0 Å². The Morgan fingerprint density at radius 1 is 1.07 bits per heavy atom. The predicted molar refractivity (Wildman–Crippen MR) is 98.3 cm³/mol. The van der Waals surface area contributed by atoms with Gasteiger partial charge >= 0.3 is 35.7 Å². The molecular weight excluding hydrogens is 458 g/mol. The summed E-state index contributed by atoms with van der Waals surface area (Å²) in [6.07, 6.45) is -4.75. The first-order chi connectivity index (χ1) is 13.4. The Kier molecular flexibility index (Phi) is 7.06. The molecule has 0 bridgehead atoms. The van der Waals surface area contributed by atoms with E-state index in [9.17, 15) is 26.7 Å². The second-order valence-electron chi connectivity index (χ2n) is 5.86. The zero-order valence-corrected chi connectivity index (χ0v) is 18.7. The number of halogens is 4. The van der Waals surface area contributed by atoms with E-state index in [2.05, 4.69) is 10.2 Å². The van der Waals surface area contributed by atoms with E-state index in [4.69, 9.17) is 21.9 Å². The van der Waals surface area contributed by atoms with Crippen LogP contribution in [0.1, 0.15) is 5.56 Å². The normalized spacial score (nSPS) is 12.3. The fourth-order valence-corrected chi connectivity index (χ4v) is 3.29. The van der Waals surface area contributed by atoms with Crippen LogP contribution in [0.15, 0.2) is 57.6 Å². The molecule has 13 heteroatoms. The van der Waals surface area contributed by atoms with Crippen molar-refractivity contribution in [3.8, 4) is 5.75 Å². The molecule has 0 fully saturated rings. The Hall–Kier alpha value is -1.89. The molecule has 3 rings (SSSR count). The van der Waals surface area contributed by atoms with Crippen molar-refractivity contribution in [2.24, 2.45) is 10.2 Å². The summed E-state index contributed by atoms with van der Waals surface area (Å²) in [6.45, 7) is 0. The maximum atomic E-state index is 13.2. The third-order valence-electron chi connectivity index (χ3n) is 3.88. The summed E-state index contributed by atoms with van der Waals surface area (Å²) in [6, 6.07) is 7.12. The van der Waals surface area contributed by atoms with Gasteiger partial charge in [0.15, 0.2) is 0 Å². The van der Waals surface area contributed by atoms with Gasteiger partial charge in [0.2, 0.25) is 0 Å². The van der Waals surface area contributed by atoms with Gasteiger partial charge in [-0.15, -0.1) is 10.2 Å². The number of anilines is 1. The average molecular weight is 468 g/mol. The van der Waals surface area contributed by atoms with Crippen molar-refractivity contribution in [1.82, 2.24) is 0 Å². The summed E-state index contributed by atoms with van der Waals surface area (Å²) in [5, 5.41) is 19.4. The van der Waals surface area contributed by atoms with Gasteiger partial charge in [0.05, 0.1) is 21.8 Å². The number of nitrogen functional groups attached to an aromatic ring is 1. The molecule has 0 aliphatic rings. The van der Waals surface area contributed by atoms with Crippen molar-refractivity contribution in [2.75, 3.05) is 5.73 Å². The van der Waals surface area contributed by atoms with Gasteiger partial charge in [0.25, 0.3) is 10.1 Å². The number of alkyl halides is 3. The van der Waals surface area contributed by atoms with Gasteiger partial charge in [-0.05, 0) is 41.8 Å². The maximum absolute atomic E-state index is 13.2. The van der Waals surface area contributed by atoms with E-state index in [1.54, 1.807) is 0 Å². The number of hydrogen-bond acceptors (Lipinski definition) is 6. The Balaban J connectivity index is 0.00000320. The van der Waals surface area contributed by atoms with E-state index in [0.717, 1.165) is 12.1 Å². The molecule has 0 aromatic heterocycles. The average Bonchev–Trinajstić information content (AvgIpc) is 2.60. The Morgan fingerprint density at radius 2 is 1.73 bits per heavy atom. The van der Waals surface area contributed by atoms with Gasteiger partial charge in [-0.25, -0.2) is 0 Å². The summed E-state index contributed by atoms with van der Waals surface area (Å²) in [7, 11) is -4.64. The Morgan fingerprint density at radius 3 is 2.33 bits per heavy atom. The number of rotatable bonds is 3. The smallest absolute Gasteiger partial charge is 0.872 e. The van der Waals surface area contributed by atoms with E-state index < -0.39 is 38.2 Å². The molecule has 30 heavy (non-hydrogen) atoms. The summed E-state index contributed by atoms with van der Waals surface area (Å²) in [5.74, 6) is -0.858. The Labute approximate surface area is 195 Å². The fraction of sp³-hybridized carbons (Fsp3) is 0.0588. The van der Waals surface area contributed by atoms with Crippen molar-refractivity contribution in [3.05, 3.63) is 53.1 Å². The molecule has 152 valence electrons. The summed E-state index contributed by atoms with van der Waals surface area (Å²) >= 11 is 5.61. The second kappa shape index (κ2) is 8.69. The van der Waals surface area contributed by atoms with Gasteiger partial charge in [-0.1, -0.05) is 23.4 Å². The van der Waals surface area contributed by atoms with E-state index in [-0.39, 0.29) is 56.7 Å². The van der Waals surface area contributed by atoms with E-state index >= 15 is 0 Å². The van der Waals surface area contributed by atoms with Crippen LogP contribution in [0.2, 0.25) is 5.02 Å². The topological polar surface area (TPSA) is 128 Å². The SMILES string of the molecule is Nc1ccc2cc(S(=O)(=O)O)cc([O-])c2c1N=Nc1ccc(Cl)cc1C(F)(F)F.[Na+]. The van der Waals surface area contributed by atoms with Crippen LogP contribution in [0.4, 0.5) is 30.2 Å². The van der Waals surface area contributed by atoms with Crippen LogP contribution in [-0.2, 0) is 16.3 Å². The van der Waals surface area contributed by atoms with Gasteiger partial charge in [0, 0.05) is 10.4 Å². The molecule has 0 saturated heterocycles. The standard InChI is InChI=1S/C17H11ClF3N3O4S.Na/c18-9-2-4-13(11(6-9)17(19,20)21)23-24-16-12(22)3-1-8-5-10(29(26,27)28)7-14(25)15(8)16;/h1-7,25H,22H2,(H,26,27,28);/q;+1/p-1. The molecule has 0 unspecified atom stereocenters. The molecule has 0 aliphatic heterocycles. The summed E-state index contributed by atoms with van der Waals surface area (Å²) in [4.78, 5) is -0.639.